The molecule has 8 nitrogen and oxygen atoms in total. The third-order valence-electron chi connectivity index (χ3n) is 3.36. The third-order valence-corrected chi connectivity index (χ3v) is 3.36. The maximum Gasteiger partial charge on any atom is 0.282 e. The van der Waals surface area contributed by atoms with Crippen LogP contribution in [0.1, 0.15) is 16.2 Å². The Hall–Kier alpha value is -3.29. The fraction of sp³-hybridized carbons (Fsp3) is 0.133. The van der Waals surface area contributed by atoms with Crippen molar-refractivity contribution >= 4 is 17.2 Å². The van der Waals surface area contributed by atoms with Gasteiger partial charge in [-0.3, -0.25) is 19.3 Å². The summed E-state index contributed by atoms with van der Waals surface area (Å²) in [6, 6.07) is 11.4. The summed E-state index contributed by atoms with van der Waals surface area (Å²) in [6.07, 6.45) is 2.31. The topological polar surface area (TPSA) is 102 Å². The molecule has 0 aliphatic rings. The number of rotatable bonds is 5. The molecule has 0 atom stereocenters. The lowest BCUT2D eigenvalue weighted by Gasteiger charge is -2.05. The van der Waals surface area contributed by atoms with Crippen molar-refractivity contribution in [2.75, 3.05) is 6.54 Å². The zero-order valence-electron chi connectivity index (χ0n) is 12.0. The van der Waals surface area contributed by atoms with Gasteiger partial charge in [0.05, 0.1) is 4.92 Å². The van der Waals surface area contributed by atoms with E-state index in [-0.39, 0.29) is 11.3 Å². The molecule has 1 aromatic carbocycles. The molecule has 8 heteroatoms. The Morgan fingerprint density at radius 3 is 2.78 bits per heavy atom. The van der Waals surface area contributed by atoms with Gasteiger partial charge in [-0.2, -0.15) is 0 Å². The molecule has 0 saturated heterocycles. The lowest BCUT2D eigenvalue weighted by Crippen LogP contribution is -2.26. The molecule has 0 saturated carbocycles. The summed E-state index contributed by atoms with van der Waals surface area (Å²) < 4.78 is 1.83. The summed E-state index contributed by atoms with van der Waals surface area (Å²) in [7, 11) is 0. The Labute approximate surface area is 130 Å². The second-order valence-corrected chi connectivity index (χ2v) is 4.83. The molecule has 3 rings (SSSR count). The molecule has 1 N–H and O–H groups in total. The molecular formula is C15H13N5O3. The number of nitro benzene ring substituents is 1. The van der Waals surface area contributed by atoms with Gasteiger partial charge in [-0.05, 0) is 18.2 Å². The average molecular weight is 311 g/mol. The van der Waals surface area contributed by atoms with Crippen molar-refractivity contribution in [2.45, 2.75) is 6.42 Å². The van der Waals surface area contributed by atoms with Gasteiger partial charge in [-0.25, -0.2) is 0 Å². The van der Waals surface area contributed by atoms with Gasteiger partial charge in [0, 0.05) is 25.2 Å². The quantitative estimate of drug-likeness (QED) is 0.569. The average Bonchev–Trinajstić information content (AvgIpc) is 2.98. The van der Waals surface area contributed by atoms with Crippen molar-refractivity contribution in [1.82, 2.24) is 19.9 Å². The molecule has 3 aromatic rings. The zero-order chi connectivity index (χ0) is 16.2. The molecular weight excluding hydrogens is 298 g/mol. The summed E-state index contributed by atoms with van der Waals surface area (Å²) in [6.45, 7) is 0.306. The first-order valence-electron chi connectivity index (χ1n) is 6.97. The SMILES string of the molecule is O=C(NCCc1nnc2ccccn12)c1ccccc1[N+](=O)[O-]. The predicted molar refractivity (Wildman–Crippen MR) is 82.1 cm³/mol. The van der Waals surface area contributed by atoms with E-state index in [1.54, 1.807) is 6.07 Å². The molecule has 23 heavy (non-hydrogen) atoms. The Bertz CT molecular complexity index is 874. The molecule has 2 heterocycles. The van der Waals surface area contributed by atoms with Crippen LogP contribution >= 0.6 is 0 Å². The first-order valence-corrected chi connectivity index (χ1v) is 6.97. The number of nitro groups is 1. The van der Waals surface area contributed by atoms with Gasteiger partial charge in [-0.15, -0.1) is 10.2 Å². The molecule has 0 aliphatic heterocycles. The van der Waals surface area contributed by atoms with Crippen molar-refractivity contribution in [3.05, 3.63) is 70.2 Å². The van der Waals surface area contributed by atoms with E-state index in [9.17, 15) is 14.9 Å². The summed E-state index contributed by atoms with van der Waals surface area (Å²) >= 11 is 0. The third kappa shape index (κ3) is 3.00. The van der Waals surface area contributed by atoms with Crippen LogP contribution in [0, 0.1) is 10.1 Å². The number of fused-ring (bicyclic) bond motifs is 1. The van der Waals surface area contributed by atoms with Gasteiger partial charge in [0.2, 0.25) is 0 Å². The van der Waals surface area contributed by atoms with Gasteiger partial charge in [0.15, 0.2) is 5.65 Å². The Morgan fingerprint density at radius 2 is 1.96 bits per heavy atom. The van der Waals surface area contributed by atoms with Crippen LogP contribution in [0.4, 0.5) is 5.69 Å². The van der Waals surface area contributed by atoms with E-state index >= 15 is 0 Å². The number of pyridine rings is 1. The fourth-order valence-corrected chi connectivity index (χ4v) is 2.27. The van der Waals surface area contributed by atoms with Gasteiger partial charge in [0.1, 0.15) is 11.4 Å². The summed E-state index contributed by atoms with van der Waals surface area (Å²) in [5.41, 5.74) is 0.564. The lowest BCUT2D eigenvalue weighted by molar-refractivity contribution is -0.385. The maximum absolute atomic E-state index is 12.1. The smallest absolute Gasteiger partial charge is 0.282 e. The van der Waals surface area contributed by atoms with E-state index in [2.05, 4.69) is 15.5 Å². The number of para-hydroxylation sites is 1. The highest BCUT2D eigenvalue weighted by molar-refractivity contribution is 5.98. The van der Waals surface area contributed by atoms with Crippen LogP contribution in [0.3, 0.4) is 0 Å². The normalized spacial score (nSPS) is 10.6. The molecule has 0 aliphatic carbocycles. The molecule has 116 valence electrons. The highest BCUT2D eigenvalue weighted by Gasteiger charge is 2.18. The Morgan fingerprint density at radius 1 is 1.17 bits per heavy atom. The van der Waals surface area contributed by atoms with Crippen LogP contribution in [-0.4, -0.2) is 32.0 Å². The van der Waals surface area contributed by atoms with Crippen molar-refractivity contribution in [3.63, 3.8) is 0 Å². The van der Waals surface area contributed by atoms with Crippen LogP contribution in [0.5, 0.6) is 0 Å². The standard InChI is InChI=1S/C15H13N5O3/c21-15(11-5-1-2-6-12(11)20(22)23)16-9-8-14-18-17-13-7-3-4-10-19(13)14/h1-7,10H,8-9H2,(H,16,21). The number of carbonyl (C=O) groups excluding carboxylic acids is 1. The van der Waals surface area contributed by atoms with Crippen LogP contribution in [0.15, 0.2) is 48.7 Å². The molecule has 0 fully saturated rings. The van der Waals surface area contributed by atoms with Crippen LogP contribution in [0.25, 0.3) is 5.65 Å². The lowest BCUT2D eigenvalue weighted by atomic mass is 10.1. The van der Waals surface area contributed by atoms with E-state index in [1.165, 1.54) is 18.2 Å². The highest BCUT2D eigenvalue weighted by atomic mass is 16.6. The summed E-state index contributed by atoms with van der Waals surface area (Å²) in [5, 5.41) is 21.7. The number of nitrogens with zero attached hydrogens (tertiary/aromatic N) is 4. The van der Waals surface area contributed by atoms with E-state index in [0.717, 1.165) is 5.65 Å². The van der Waals surface area contributed by atoms with Crippen LogP contribution in [0.2, 0.25) is 0 Å². The highest BCUT2D eigenvalue weighted by Crippen LogP contribution is 2.17. The summed E-state index contributed by atoms with van der Waals surface area (Å²) in [5.74, 6) is 0.231. The van der Waals surface area contributed by atoms with Gasteiger partial charge in [-0.1, -0.05) is 18.2 Å². The monoisotopic (exact) mass is 311 g/mol. The number of hydrogen-bond donors (Lipinski definition) is 1. The molecule has 0 unspecified atom stereocenters. The van der Waals surface area contributed by atoms with E-state index in [1.807, 2.05) is 28.8 Å². The molecule has 1 amide bonds. The number of aromatic nitrogens is 3. The largest absolute Gasteiger partial charge is 0.351 e. The van der Waals surface area contributed by atoms with Crippen molar-refractivity contribution in [2.24, 2.45) is 0 Å². The number of benzene rings is 1. The number of hydrogen-bond acceptors (Lipinski definition) is 5. The molecule has 0 bridgehead atoms. The minimum Gasteiger partial charge on any atom is -0.351 e. The van der Waals surface area contributed by atoms with E-state index < -0.39 is 10.8 Å². The van der Waals surface area contributed by atoms with Crippen molar-refractivity contribution < 1.29 is 9.72 Å². The number of nitrogens with one attached hydrogen (secondary N) is 1. The Kier molecular flexibility index (Phi) is 3.96. The van der Waals surface area contributed by atoms with E-state index in [4.69, 9.17) is 0 Å². The fourth-order valence-electron chi connectivity index (χ4n) is 2.27. The maximum atomic E-state index is 12.1. The van der Waals surface area contributed by atoms with Gasteiger partial charge >= 0.3 is 0 Å². The van der Waals surface area contributed by atoms with E-state index in [0.29, 0.717) is 18.8 Å². The second kappa shape index (κ2) is 6.22. The minimum absolute atomic E-state index is 0.0450. The van der Waals surface area contributed by atoms with Crippen molar-refractivity contribution in [1.29, 1.82) is 0 Å². The molecule has 0 radical (unpaired) electrons. The minimum atomic E-state index is -0.569. The Balaban J connectivity index is 1.67. The number of amides is 1. The van der Waals surface area contributed by atoms with Crippen LogP contribution in [-0.2, 0) is 6.42 Å². The first kappa shape index (κ1) is 14.6. The second-order valence-electron chi connectivity index (χ2n) is 4.83. The van der Waals surface area contributed by atoms with Crippen molar-refractivity contribution in [3.8, 4) is 0 Å². The molecule has 2 aromatic heterocycles. The summed E-state index contributed by atoms with van der Waals surface area (Å²) in [4.78, 5) is 22.5. The van der Waals surface area contributed by atoms with Gasteiger partial charge in [0.25, 0.3) is 11.6 Å². The van der Waals surface area contributed by atoms with Crippen LogP contribution < -0.4 is 5.32 Å². The molecule has 0 spiro atoms. The number of carbonyl (C=O) groups is 1. The predicted octanol–water partition coefficient (Wildman–Crippen LogP) is 1.61. The first-order chi connectivity index (χ1) is 11.2. The zero-order valence-corrected chi connectivity index (χ0v) is 12.0. The van der Waals surface area contributed by atoms with Gasteiger partial charge < -0.3 is 5.32 Å².